The van der Waals surface area contributed by atoms with Crippen LogP contribution in [0.25, 0.3) is 10.1 Å². The van der Waals surface area contributed by atoms with E-state index >= 15 is 0 Å². The van der Waals surface area contributed by atoms with Crippen molar-refractivity contribution in [2.75, 3.05) is 5.32 Å². The molecule has 21 heavy (non-hydrogen) atoms. The van der Waals surface area contributed by atoms with E-state index in [4.69, 9.17) is 0 Å². The molecule has 1 nitrogen and oxygen atoms in total. The van der Waals surface area contributed by atoms with E-state index in [2.05, 4.69) is 75.2 Å². The lowest BCUT2D eigenvalue weighted by Gasteiger charge is -2.37. The minimum absolute atomic E-state index is 0.602. The van der Waals surface area contributed by atoms with Crippen LogP contribution in [0.1, 0.15) is 24.3 Å². The van der Waals surface area contributed by atoms with Crippen molar-refractivity contribution in [1.82, 2.24) is 0 Å². The van der Waals surface area contributed by atoms with Gasteiger partial charge in [0.1, 0.15) is 0 Å². The summed E-state index contributed by atoms with van der Waals surface area (Å²) in [5.41, 5.74) is 2.70. The quantitative estimate of drug-likeness (QED) is 0.603. The molecule has 0 spiro atoms. The highest BCUT2D eigenvalue weighted by molar-refractivity contribution is 9.10. The number of nitrogens with one attached hydrogen (secondary N) is 1. The molecule has 2 aromatic carbocycles. The summed E-state index contributed by atoms with van der Waals surface area (Å²) in [4.78, 5) is 0. The normalized spacial score (nSPS) is 21.2. The summed E-state index contributed by atoms with van der Waals surface area (Å²) in [7, 11) is 0. The average Bonchev–Trinajstić information content (AvgIpc) is 2.89. The molecule has 0 bridgehead atoms. The van der Waals surface area contributed by atoms with Gasteiger partial charge in [0.15, 0.2) is 0 Å². The maximum absolute atomic E-state index is 3.67. The van der Waals surface area contributed by atoms with Gasteiger partial charge >= 0.3 is 0 Å². The van der Waals surface area contributed by atoms with Crippen LogP contribution in [0.2, 0.25) is 0 Å². The average molecular weight is 358 g/mol. The molecule has 4 rings (SSSR count). The molecule has 1 N–H and O–H groups in total. The lowest BCUT2D eigenvalue weighted by atomic mass is 9.76. The first kappa shape index (κ1) is 13.4. The van der Waals surface area contributed by atoms with Crippen LogP contribution in [0.3, 0.4) is 0 Å². The molecule has 106 valence electrons. The molecule has 3 heteroatoms. The second-order valence-electron chi connectivity index (χ2n) is 5.74. The largest absolute Gasteiger partial charge is 0.382 e. The maximum Gasteiger partial charge on any atom is 0.0349 e. The van der Waals surface area contributed by atoms with Gasteiger partial charge in [-0.3, -0.25) is 0 Å². The number of thiophene rings is 1. The first-order chi connectivity index (χ1) is 10.3. The third kappa shape index (κ3) is 2.72. The van der Waals surface area contributed by atoms with Crippen LogP contribution in [-0.2, 0) is 0 Å². The van der Waals surface area contributed by atoms with Gasteiger partial charge < -0.3 is 5.32 Å². The van der Waals surface area contributed by atoms with Crippen LogP contribution in [0, 0.1) is 0 Å². The summed E-state index contributed by atoms with van der Waals surface area (Å²) >= 11 is 5.36. The molecule has 0 saturated heterocycles. The summed E-state index contributed by atoms with van der Waals surface area (Å²) in [6.07, 6.45) is 2.44. The third-order valence-electron chi connectivity index (χ3n) is 4.28. The third-order valence-corrected chi connectivity index (χ3v) is 5.67. The molecule has 0 aliphatic heterocycles. The van der Waals surface area contributed by atoms with E-state index in [1.807, 2.05) is 0 Å². The highest BCUT2D eigenvalue weighted by Gasteiger charge is 2.30. The number of halogens is 1. The monoisotopic (exact) mass is 357 g/mol. The van der Waals surface area contributed by atoms with E-state index in [0.29, 0.717) is 12.0 Å². The van der Waals surface area contributed by atoms with Gasteiger partial charge in [-0.1, -0.05) is 28.1 Å². The van der Waals surface area contributed by atoms with Gasteiger partial charge in [0.2, 0.25) is 0 Å². The predicted molar refractivity (Wildman–Crippen MR) is 95.4 cm³/mol. The molecule has 1 aromatic heterocycles. The lowest BCUT2D eigenvalue weighted by Crippen LogP contribution is -2.33. The topological polar surface area (TPSA) is 12.0 Å². The predicted octanol–water partition coefficient (Wildman–Crippen LogP) is 6.02. The Bertz CT molecular complexity index is 773. The molecule has 0 unspecified atom stereocenters. The number of hydrogen-bond acceptors (Lipinski definition) is 2. The number of hydrogen-bond donors (Lipinski definition) is 1. The number of fused-ring (bicyclic) bond motifs is 1. The van der Waals surface area contributed by atoms with Crippen LogP contribution >= 0.6 is 27.3 Å². The van der Waals surface area contributed by atoms with Crippen molar-refractivity contribution in [1.29, 1.82) is 0 Å². The van der Waals surface area contributed by atoms with Crippen LogP contribution in [0.4, 0.5) is 5.69 Å². The maximum atomic E-state index is 3.67. The Kier molecular flexibility index (Phi) is 3.48. The molecular weight excluding hydrogens is 342 g/mol. The molecular formula is C18H16BrNS. The lowest BCUT2D eigenvalue weighted by molar-refractivity contribution is 0.374. The van der Waals surface area contributed by atoms with E-state index in [9.17, 15) is 0 Å². The first-order valence-electron chi connectivity index (χ1n) is 7.27. The molecule has 3 aromatic rings. The molecule has 1 saturated carbocycles. The van der Waals surface area contributed by atoms with Crippen LogP contribution in [0.5, 0.6) is 0 Å². The fourth-order valence-electron chi connectivity index (χ4n) is 3.06. The van der Waals surface area contributed by atoms with E-state index in [1.165, 1.54) is 38.7 Å². The Labute approximate surface area is 137 Å². The van der Waals surface area contributed by atoms with E-state index in [1.54, 1.807) is 11.3 Å². The van der Waals surface area contributed by atoms with Gasteiger partial charge in [0.05, 0.1) is 0 Å². The van der Waals surface area contributed by atoms with E-state index in [0.717, 1.165) is 0 Å². The number of anilines is 1. The zero-order valence-corrected chi connectivity index (χ0v) is 14.0. The Morgan fingerprint density at radius 2 is 1.95 bits per heavy atom. The Balaban J connectivity index is 1.41. The minimum Gasteiger partial charge on any atom is -0.382 e. The fourth-order valence-corrected chi connectivity index (χ4v) is 4.25. The number of benzene rings is 2. The highest BCUT2D eigenvalue weighted by atomic mass is 79.9. The van der Waals surface area contributed by atoms with Crippen molar-refractivity contribution in [3.63, 3.8) is 0 Å². The second kappa shape index (κ2) is 5.47. The minimum atomic E-state index is 0.602. The van der Waals surface area contributed by atoms with Crippen molar-refractivity contribution < 1.29 is 0 Å². The van der Waals surface area contributed by atoms with Gasteiger partial charge in [0, 0.05) is 20.9 Å². The fraction of sp³-hybridized carbons (Fsp3) is 0.222. The second-order valence-corrected chi connectivity index (χ2v) is 7.60. The van der Waals surface area contributed by atoms with Crippen LogP contribution < -0.4 is 5.32 Å². The van der Waals surface area contributed by atoms with Crippen molar-refractivity contribution in [2.45, 2.75) is 24.8 Å². The molecule has 0 amide bonds. The summed E-state index contributed by atoms with van der Waals surface area (Å²) in [5, 5.41) is 7.16. The molecule has 1 heterocycles. The Morgan fingerprint density at radius 1 is 1.05 bits per heavy atom. The molecule has 1 aliphatic carbocycles. The summed E-state index contributed by atoms with van der Waals surface area (Å²) < 4.78 is 2.54. The summed E-state index contributed by atoms with van der Waals surface area (Å²) in [6, 6.07) is 18.2. The van der Waals surface area contributed by atoms with Crippen LogP contribution in [0.15, 0.2) is 58.4 Å². The van der Waals surface area contributed by atoms with E-state index in [-0.39, 0.29) is 0 Å². The van der Waals surface area contributed by atoms with Crippen molar-refractivity contribution in [3.05, 3.63) is 63.9 Å². The first-order valence-corrected chi connectivity index (χ1v) is 8.94. The van der Waals surface area contributed by atoms with Gasteiger partial charge in [-0.2, -0.15) is 0 Å². The molecule has 1 fully saturated rings. The van der Waals surface area contributed by atoms with Crippen molar-refractivity contribution in [3.8, 4) is 0 Å². The number of rotatable bonds is 3. The van der Waals surface area contributed by atoms with Gasteiger partial charge in [-0.15, -0.1) is 11.3 Å². The molecule has 0 radical (unpaired) electrons. The van der Waals surface area contributed by atoms with Gasteiger partial charge in [0.25, 0.3) is 0 Å². The highest BCUT2D eigenvalue weighted by Crippen LogP contribution is 2.39. The van der Waals surface area contributed by atoms with Gasteiger partial charge in [-0.25, -0.2) is 0 Å². The van der Waals surface area contributed by atoms with Crippen molar-refractivity contribution in [2.24, 2.45) is 0 Å². The van der Waals surface area contributed by atoms with Gasteiger partial charge in [-0.05, 0) is 71.5 Å². The van der Waals surface area contributed by atoms with Crippen molar-refractivity contribution >= 4 is 43.0 Å². The molecule has 0 atom stereocenters. The summed E-state index contributed by atoms with van der Waals surface area (Å²) in [6.45, 7) is 0. The Hall–Kier alpha value is -1.32. The van der Waals surface area contributed by atoms with Crippen LogP contribution in [-0.4, -0.2) is 6.04 Å². The SMILES string of the molecule is Brc1cccc(C2CC(Nc3ccc4sccc4c3)C2)c1. The standard InChI is InChI=1S/C18H16BrNS/c19-15-3-1-2-12(8-15)14-10-17(11-14)20-16-4-5-18-13(9-16)6-7-21-18/h1-9,14,17,20H,10-11H2. The smallest absolute Gasteiger partial charge is 0.0349 e. The summed E-state index contributed by atoms with van der Waals surface area (Å²) in [5.74, 6) is 0.699. The molecule has 1 aliphatic rings. The van der Waals surface area contributed by atoms with E-state index < -0.39 is 0 Å². The zero-order valence-electron chi connectivity index (χ0n) is 11.6. The Morgan fingerprint density at radius 3 is 2.81 bits per heavy atom. The zero-order chi connectivity index (χ0) is 14.2.